The molecule has 1 N–H and O–H groups in total. The number of likely N-dealkylation sites (tertiary alicyclic amines) is 2. The molecule has 174 valence electrons. The lowest BCUT2D eigenvalue weighted by atomic mass is 9.91. The van der Waals surface area contributed by atoms with E-state index in [0.717, 1.165) is 44.9 Å². The molecular formula is C27H39N3O2. The van der Waals surface area contributed by atoms with Gasteiger partial charge in [0.05, 0.1) is 7.11 Å². The van der Waals surface area contributed by atoms with Gasteiger partial charge < -0.3 is 10.1 Å². The van der Waals surface area contributed by atoms with Gasteiger partial charge in [0.2, 0.25) is 5.91 Å². The third-order valence-electron chi connectivity index (χ3n) is 7.53. The molecule has 32 heavy (non-hydrogen) atoms. The quantitative estimate of drug-likeness (QED) is 0.630. The Labute approximate surface area is 193 Å². The van der Waals surface area contributed by atoms with E-state index in [4.69, 9.17) is 4.74 Å². The number of rotatable bonds is 9. The van der Waals surface area contributed by atoms with E-state index in [9.17, 15) is 4.79 Å². The van der Waals surface area contributed by atoms with E-state index in [-0.39, 0.29) is 5.91 Å². The van der Waals surface area contributed by atoms with Crippen molar-refractivity contribution in [1.29, 1.82) is 0 Å². The van der Waals surface area contributed by atoms with Gasteiger partial charge in [-0.1, -0.05) is 37.3 Å². The van der Waals surface area contributed by atoms with Crippen molar-refractivity contribution in [2.24, 2.45) is 5.92 Å². The minimum Gasteiger partial charge on any atom is -0.496 e. The Kier molecular flexibility index (Phi) is 8.04. The van der Waals surface area contributed by atoms with Crippen LogP contribution < -0.4 is 10.1 Å². The highest BCUT2D eigenvalue weighted by Gasteiger charge is 2.24. The molecule has 2 aromatic carbocycles. The number of hydrogen-bond acceptors (Lipinski definition) is 4. The summed E-state index contributed by atoms with van der Waals surface area (Å²) >= 11 is 0. The normalized spacial score (nSPS) is 20.6. The van der Waals surface area contributed by atoms with Crippen molar-refractivity contribution in [1.82, 2.24) is 15.1 Å². The Hall–Kier alpha value is -2.11. The van der Waals surface area contributed by atoms with Gasteiger partial charge in [-0.05, 0) is 81.0 Å². The second-order valence-corrected chi connectivity index (χ2v) is 9.45. The van der Waals surface area contributed by atoms with Crippen LogP contribution in [0.1, 0.15) is 51.0 Å². The van der Waals surface area contributed by atoms with Crippen LogP contribution in [0.5, 0.6) is 5.75 Å². The largest absolute Gasteiger partial charge is 0.496 e. The molecule has 0 aromatic heterocycles. The van der Waals surface area contributed by atoms with Gasteiger partial charge in [-0.25, -0.2) is 0 Å². The number of methoxy groups -OCH3 is 1. The smallest absolute Gasteiger partial charge is 0.220 e. The summed E-state index contributed by atoms with van der Waals surface area (Å²) in [7, 11) is 1.76. The maximum atomic E-state index is 12.4. The molecule has 0 spiro atoms. The number of hydrogen-bond donors (Lipinski definition) is 1. The highest BCUT2D eigenvalue weighted by molar-refractivity contribution is 5.87. The average Bonchev–Trinajstić information content (AvgIpc) is 3.30. The Morgan fingerprint density at radius 3 is 2.69 bits per heavy atom. The fraction of sp³-hybridized carbons (Fsp3) is 0.593. The molecule has 2 fully saturated rings. The van der Waals surface area contributed by atoms with Gasteiger partial charge in [-0.2, -0.15) is 0 Å². The third kappa shape index (κ3) is 5.62. The number of fused-ring (bicyclic) bond motifs is 1. The molecule has 2 aliphatic rings. The molecule has 1 atom stereocenters. The van der Waals surface area contributed by atoms with E-state index < -0.39 is 0 Å². The van der Waals surface area contributed by atoms with Crippen LogP contribution in [0.25, 0.3) is 10.8 Å². The second-order valence-electron chi connectivity index (χ2n) is 9.45. The van der Waals surface area contributed by atoms with Crippen LogP contribution in [-0.4, -0.2) is 61.6 Å². The molecule has 2 saturated heterocycles. The van der Waals surface area contributed by atoms with Crippen LogP contribution in [0.2, 0.25) is 0 Å². The van der Waals surface area contributed by atoms with E-state index in [1.165, 1.54) is 48.6 Å². The predicted octanol–water partition coefficient (Wildman–Crippen LogP) is 4.44. The highest BCUT2D eigenvalue weighted by Crippen LogP contribution is 2.31. The van der Waals surface area contributed by atoms with Crippen LogP contribution in [0.3, 0.4) is 0 Å². The minimum absolute atomic E-state index is 0.232. The highest BCUT2D eigenvalue weighted by atomic mass is 16.5. The van der Waals surface area contributed by atoms with Gasteiger partial charge >= 0.3 is 0 Å². The molecule has 0 saturated carbocycles. The molecular weight excluding hydrogens is 398 g/mol. The molecule has 4 rings (SSSR count). The van der Waals surface area contributed by atoms with Gasteiger partial charge in [-0.3, -0.25) is 14.6 Å². The summed E-state index contributed by atoms with van der Waals surface area (Å²) < 4.78 is 5.68. The number of carbonyl (C=O) groups is 1. The van der Waals surface area contributed by atoms with Crippen molar-refractivity contribution in [2.75, 3.05) is 39.8 Å². The fourth-order valence-corrected chi connectivity index (χ4v) is 5.52. The Balaban J connectivity index is 1.22. The number of carbonyl (C=O) groups excluding carboxylic acids is 1. The molecule has 0 radical (unpaired) electrons. The van der Waals surface area contributed by atoms with Gasteiger partial charge in [0, 0.05) is 31.1 Å². The SMILES string of the molecule is CCN1CCC[C@@H]1CNC(=O)CCC1CCN(Cc2c(OC)ccc3ccccc23)CC1. The van der Waals surface area contributed by atoms with E-state index >= 15 is 0 Å². The summed E-state index contributed by atoms with van der Waals surface area (Å²) in [5, 5.41) is 5.75. The Morgan fingerprint density at radius 2 is 1.91 bits per heavy atom. The summed E-state index contributed by atoms with van der Waals surface area (Å²) in [5.41, 5.74) is 1.29. The van der Waals surface area contributed by atoms with Crippen molar-refractivity contribution >= 4 is 16.7 Å². The van der Waals surface area contributed by atoms with Crippen LogP contribution in [0, 0.1) is 5.92 Å². The number of nitrogens with zero attached hydrogens (tertiary/aromatic N) is 2. The first-order valence-electron chi connectivity index (χ1n) is 12.5. The minimum atomic E-state index is 0.232. The lowest BCUT2D eigenvalue weighted by Gasteiger charge is -2.32. The topological polar surface area (TPSA) is 44.8 Å². The van der Waals surface area contributed by atoms with E-state index in [2.05, 4.69) is 58.4 Å². The maximum Gasteiger partial charge on any atom is 0.220 e. The number of benzene rings is 2. The molecule has 2 heterocycles. The summed E-state index contributed by atoms with van der Waals surface area (Å²) in [6.45, 7) is 8.40. The number of likely N-dealkylation sites (N-methyl/N-ethyl adjacent to an activating group) is 1. The number of piperidine rings is 1. The van der Waals surface area contributed by atoms with Crippen LogP contribution in [-0.2, 0) is 11.3 Å². The molecule has 0 unspecified atom stereocenters. The van der Waals surface area contributed by atoms with E-state index in [1.807, 2.05) is 0 Å². The molecule has 2 aromatic rings. The zero-order chi connectivity index (χ0) is 22.3. The second kappa shape index (κ2) is 11.2. The Bertz CT molecular complexity index is 892. The molecule has 0 bridgehead atoms. The summed E-state index contributed by atoms with van der Waals surface area (Å²) in [5.74, 6) is 1.87. The Morgan fingerprint density at radius 1 is 1.09 bits per heavy atom. The van der Waals surface area contributed by atoms with Crippen LogP contribution in [0.4, 0.5) is 0 Å². The first-order chi connectivity index (χ1) is 15.7. The predicted molar refractivity (Wildman–Crippen MR) is 131 cm³/mol. The lowest BCUT2D eigenvalue weighted by molar-refractivity contribution is -0.121. The first-order valence-corrected chi connectivity index (χ1v) is 12.5. The van der Waals surface area contributed by atoms with E-state index in [0.29, 0.717) is 18.4 Å². The third-order valence-corrected chi connectivity index (χ3v) is 7.53. The monoisotopic (exact) mass is 437 g/mol. The number of nitrogens with one attached hydrogen (secondary N) is 1. The standard InChI is InChI=1S/C27H39N3O2/c1-3-30-16-6-8-23(30)19-28-27(31)13-10-21-14-17-29(18-15-21)20-25-24-9-5-4-7-22(24)11-12-26(25)32-2/h4-5,7,9,11-12,21,23H,3,6,8,10,13-20H2,1-2H3,(H,28,31)/t23-/m1/s1. The van der Waals surface area contributed by atoms with Crippen LogP contribution >= 0.6 is 0 Å². The lowest BCUT2D eigenvalue weighted by Crippen LogP contribution is -2.40. The number of ether oxygens (including phenoxy) is 1. The number of amides is 1. The van der Waals surface area contributed by atoms with Crippen molar-refractivity contribution < 1.29 is 9.53 Å². The zero-order valence-electron chi connectivity index (χ0n) is 19.8. The molecule has 0 aliphatic carbocycles. The van der Waals surface area contributed by atoms with Crippen molar-refractivity contribution in [3.05, 3.63) is 42.0 Å². The molecule has 2 aliphatic heterocycles. The zero-order valence-corrected chi connectivity index (χ0v) is 19.8. The van der Waals surface area contributed by atoms with Gasteiger partial charge in [0.25, 0.3) is 0 Å². The van der Waals surface area contributed by atoms with Crippen molar-refractivity contribution in [3.8, 4) is 5.75 Å². The summed E-state index contributed by atoms with van der Waals surface area (Å²) in [6, 6.07) is 13.3. The van der Waals surface area contributed by atoms with Gasteiger partial charge in [-0.15, -0.1) is 0 Å². The van der Waals surface area contributed by atoms with Gasteiger partial charge in [0.15, 0.2) is 0 Å². The molecule has 5 nitrogen and oxygen atoms in total. The maximum absolute atomic E-state index is 12.4. The average molecular weight is 438 g/mol. The van der Waals surface area contributed by atoms with Gasteiger partial charge in [0.1, 0.15) is 5.75 Å². The molecule has 1 amide bonds. The summed E-state index contributed by atoms with van der Waals surface area (Å²) in [4.78, 5) is 17.4. The fourth-order valence-electron chi connectivity index (χ4n) is 5.52. The van der Waals surface area contributed by atoms with E-state index in [1.54, 1.807) is 7.11 Å². The molecule has 5 heteroatoms. The van der Waals surface area contributed by atoms with Crippen molar-refractivity contribution in [3.63, 3.8) is 0 Å². The first kappa shape index (κ1) is 23.1. The summed E-state index contributed by atoms with van der Waals surface area (Å²) in [6.07, 6.45) is 6.50. The van der Waals surface area contributed by atoms with Crippen LogP contribution in [0.15, 0.2) is 36.4 Å². The van der Waals surface area contributed by atoms with Crippen molar-refractivity contribution in [2.45, 2.75) is 58.0 Å².